The highest BCUT2D eigenvalue weighted by Gasteiger charge is 2.35. The second-order valence-electron chi connectivity index (χ2n) is 13.0. The summed E-state index contributed by atoms with van der Waals surface area (Å²) in [6.07, 6.45) is 0. The molecule has 0 radical (unpaired) electrons. The van der Waals surface area contributed by atoms with Crippen molar-refractivity contribution in [1.82, 2.24) is 9.97 Å². The van der Waals surface area contributed by atoms with Gasteiger partial charge in [0.15, 0.2) is 5.82 Å². The van der Waals surface area contributed by atoms with Gasteiger partial charge in [-0.2, -0.15) is 0 Å². The van der Waals surface area contributed by atoms with Crippen molar-refractivity contribution in [2.24, 2.45) is 0 Å². The summed E-state index contributed by atoms with van der Waals surface area (Å²) in [6, 6.07) is 47.5. The number of hydrogen-bond acceptors (Lipinski definition) is 3. The summed E-state index contributed by atoms with van der Waals surface area (Å²) in [5, 5.41) is 7.87. The number of rotatable bonds is 2. The molecule has 1 aliphatic carbocycles. The van der Waals surface area contributed by atoms with Crippen LogP contribution in [0.2, 0.25) is 0 Å². The molecule has 0 aliphatic heterocycles. The summed E-state index contributed by atoms with van der Waals surface area (Å²) in [7, 11) is 0. The van der Waals surface area contributed by atoms with Crippen molar-refractivity contribution >= 4 is 54.4 Å². The van der Waals surface area contributed by atoms with Crippen LogP contribution in [-0.4, -0.2) is 9.97 Å². The Labute approximate surface area is 265 Å². The average Bonchev–Trinajstić information content (AvgIpc) is 3.60. The summed E-state index contributed by atoms with van der Waals surface area (Å²) >= 11 is 0. The lowest BCUT2D eigenvalue weighted by molar-refractivity contribution is 0.660. The quantitative estimate of drug-likeness (QED) is 0.202. The normalized spacial score (nSPS) is 13.6. The van der Waals surface area contributed by atoms with Crippen LogP contribution in [0.1, 0.15) is 25.0 Å². The van der Waals surface area contributed by atoms with Crippen LogP contribution in [0.5, 0.6) is 0 Å². The predicted octanol–water partition coefficient (Wildman–Crippen LogP) is 11.5. The smallest absolute Gasteiger partial charge is 0.160 e. The summed E-state index contributed by atoms with van der Waals surface area (Å²) in [6.45, 7) is 4.62. The second-order valence-corrected chi connectivity index (χ2v) is 13.0. The third-order valence-corrected chi connectivity index (χ3v) is 10.1. The monoisotopic (exact) mass is 588 g/mol. The maximum atomic E-state index is 6.48. The van der Waals surface area contributed by atoms with Crippen molar-refractivity contribution < 1.29 is 4.42 Å². The molecule has 3 nitrogen and oxygen atoms in total. The zero-order valence-electron chi connectivity index (χ0n) is 25.5. The molecular weight excluding hydrogens is 560 g/mol. The van der Waals surface area contributed by atoms with E-state index in [1.54, 1.807) is 0 Å². The molecule has 0 unspecified atom stereocenters. The zero-order chi connectivity index (χ0) is 30.6. The van der Waals surface area contributed by atoms with Crippen LogP contribution < -0.4 is 0 Å². The molecule has 7 aromatic carbocycles. The molecule has 0 fully saturated rings. The lowest BCUT2D eigenvalue weighted by Crippen LogP contribution is -2.14. The van der Waals surface area contributed by atoms with Crippen LogP contribution in [0.4, 0.5) is 0 Å². The van der Waals surface area contributed by atoms with E-state index in [1.165, 1.54) is 38.4 Å². The van der Waals surface area contributed by atoms with Crippen molar-refractivity contribution in [2.45, 2.75) is 19.3 Å². The molecule has 9 aromatic rings. The Balaban J connectivity index is 1.32. The van der Waals surface area contributed by atoms with Crippen LogP contribution >= 0.6 is 0 Å². The number of aromatic nitrogens is 2. The average molecular weight is 589 g/mol. The summed E-state index contributed by atoms with van der Waals surface area (Å²) in [5.74, 6) is 0.711. The van der Waals surface area contributed by atoms with Gasteiger partial charge in [0.2, 0.25) is 0 Å². The van der Waals surface area contributed by atoms with E-state index in [2.05, 4.69) is 147 Å². The Morgan fingerprint density at radius 3 is 2.11 bits per heavy atom. The molecule has 0 spiro atoms. The fraction of sp³-hybridized carbons (Fsp3) is 0.0698. The Bertz CT molecular complexity index is 2730. The third-order valence-electron chi connectivity index (χ3n) is 10.1. The van der Waals surface area contributed by atoms with Gasteiger partial charge in [-0.1, -0.05) is 117 Å². The van der Waals surface area contributed by atoms with Gasteiger partial charge >= 0.3 is 0 Å². The van der Waals surface area contributed by atoms with Gasteiger partial charge in [0.05, 0.1) is 16.6 Å². The molecule has 0 bridgehead atoms. The fourth-order valence-electron chi connectivity index (χ4n) is 7.76. The molecule has 0 atom stereocenters. The lowest BCUT2D eigenvalue weighted by atomic mass is 9.82. The molecule has 0 N–H and O–H groups in total. The highest BCUT2D eigenvalue weighted by molar-refractivity contribution is 6.26. The van der Waals surface area contributed by atoms with Gasteiger partial charge in [-0.25, -0.2) is 9.97 Å². The van der Waals surface area contributed by atoms with Gasteiger partial charge in [-0.15, -0.1) is 0 Å². The highest BCUT2D eigenvalue weighted by Crippen LogP contribution is 2.49. The maximum Gasteiger partial charge on any atom is 0.160 e. The molecule has 3 heteroatoms. The molecule has 0 amide bonds. The van der Waals surface area contributed by atoms with E-state index in [-0.39, 0.29) is 5.41 Å². The van der Waals surface area contributed by atoms with E-state index in [9.17, 15) is 0 Å². The highest BCUT2D eigenvalue weighted by atomic mass is 16.3. The standard InChI is InChI=1S/C43H28N2O/c1-43(2)34-14-8-7-13-31(34)33-24-29(17-20-35(33)43)42-44-40(28-16-15-25-9-3-4-11-27(25)23-28)32-19-22-37-39(41(32)45-42)38-30-12-6-5-10-26(30)18-21-36(38)46-37/h3-24H,1-2H3. The summed E-state index contributed by atoms with van der Waals surface area (Å²) < 4.78 is 6.48. The summed E-state index contributed by atoms with van der Waals surface area (Å²) in [5.41, 5.74) is 10.8. The number of furan rings is 1. The Hall–Kier alpha value is -5.80. The molecule has 2 heterocycles. The van der Waals surface area contributed by atoms with Gasteiger partial charge < -0.3 is 4.42 Å². The first-order valence-electron chi connectivity index (χ1n) is 15.8. The summed E-state index contributed by atoms with van der Waals surface area (Å²) in [4.78, 5) is 10.8. The van der Waals surface area contributed by atoms with Crippen LogP contribution in [-0.2, 0) is 5.41 Å². The van der Waals surface area contributed by atoms with Gasteiger partial charge in [-0.05, 0) is 74.1 Å². The lowest BCUT2D eigenvalue weighted by Gasteiger charge is -2.21. The van der Waals surface area contributed by atoms with E-state index in [0.717, 1.165) is 55.0 Å². The van der Waals surface area contributed by atoms with Gasteiger partial charge in [0, 0.05) is 27.3 Å². The van der Waals surface area contributed by atoms with Crippen molar-refractivity contribution in [2.75, 3.05) is 0 Å². The predicted molar refractivity (Wildman–Crippen MR) is 190 cm³/mol. The Kier molecular flexibility index (Phi) is 5.06. The van der Waals surface area contributed by atoms with Crippen molar-refractivity contribution in [1.29, 1.82) is 0 Å². The van der Waals surface area contributed by atoms with Crippen LogP contribution in [0.25, 0.3) is 88.2 Å². The van der Waals surface area contributed by atoms with E-state index in [4.69, 9.17) is 14.4 Å². The fourth-order valence-corrected chi connectivity index (χ4v) is 7.76. The number of benzene rings is 7. The van der Waals surface area contributed by atoms with Crippen molar-refractivity contribution in [3.63, 3.8) is 0 Å². The molecule has 10 rings (SSSR count). The molecular formula is C43H28N2O. The molecule has 0 saturated carbocycles. The van der Waals surface area contributed by atoms with Gasteiger partial charge in [0.25, 0.3) is 0 Å². The first kappa shape index (κ1) is 25.5. The number of hydrogen-bond donors (Lipinski definition) is 0. The van der Waals surface area contributed by atoms with E-state index < -0.39 is 0 Å². The van der Waals surface area contributed by atoms with Crippen molar-refractivity contribution in [3.05, 3.63) is 145 Å². The van der Waals surface area contributed by atoms with Crippen LogP contribution in [0.15, 0.2) is 138 Å². The zero-order valence-corrected chi connectivity index (χ0v) is 25.5. The first-order valence-corrected chi connectivity index (χ1v) is 15.8. The molecule has 0 saturated heterocycles. The Morgan fingerprint density at radius 1 is 0.500 bits per heavy atom. The Morgan fingerprint density at radius 2 is 1.20 bits per heavy atom. The first-order chi connectivity index (χ1) is 22.5. The van der Waals surface area contributed by atoms with Crippen LogP contribution in [0.3, 0.4) is 0 Å². The second kappa shape index (κ2) is 9.12. The third kappa shape index (κ3) is 3.48. The van der Waals surface area contributed by atoms with Gasteiger partial charge in [0.1, 0.15) is 11.2 Å². The molecule has 1 aliphatic rings. The minimum absolute atomic E-state index is 0.0616. The minimum Gasteiger partial charge on any atom is -0.456 e. The van der Waals surface area contributed by atoms with Crippen LogP contribution in [0, 0.1) is 0 Å². The van der Waals surface area contributed by atoms with E-state index in [1.807, 2.05) is 0 Å². The molecule has 2 aromatic heterocycles. The topological polar surface area (TPSA) is 38.9 Å². The largest absolute Gasteiger partial charge is 0.456 e. The SMILES string of the molecule is CC1(C)c2ccccc2-c2cc(-c3nc(-c4ccc5ccccc5c4)c4ccc5oc6ccc7ccccc7c6c5c4n3)ccc21. The minimum atomic E-state index is -0.0616. The maximum absolute atomic E-state index is 6.48. The van der Waals surface area contributed by atoms with E-state index in [0.29, 0.717) is 5.82 Å². The number of fused-ring (bicyclic) bond motifs is 11. The molecule has 216 valence electrons. The van der Waals surface area contributed by atoms with Crippen molar-refractivity contribution in [3.8, 4) is 33.8 Å². The number of nitrogens with zero attached hydrogens (tertiary/aromatic N) is 2. The van der Waals surface area contributed by atoms with Gasteiger partial charge in [-0.3, -0.25) is 0 Å². The molecule has 46 heavy (non-hydrogen) atoms. The van der Waals surface area contributed by atoms with E-state index >= 15 is 0 Å².